The van der Waals surface area contributed by atoms with Crippen molar-refractivity contribution in [3.05, 3.63) is 29.8 Å². The molecule has 0 fully saturated rings. The largest absolute Gasteiger partial charge is 0.488 e. The second kappa shape index (κ2) is 5.32. The zero-order valence-electron chi connectivity index (χ0n) is 10.2. The van der Waals surface area contributed by atoms with Crippen LogP contribution >= 0.6 is 0 Å². The predicted octanol–water partition coefficient (Wildman–Crippen LogP) is 1.73. The van der Waals surface area contributed by atoms with Gasteiger partial charge in [0.15, 0.2) is 0 Å². The molecule has 3 N–H and O–H groups in total. The normalized spacial score (nSPS) is 13.6. The lowest BCUT2D eigenvalue weighted by atomic mass is 10.1. The summed E-state index contributed by atoms with van der Waals surface area (Å²) >= 11 is 0. The van der Waals surface area contributed by atoms with Gasteiger partial charge in [-0.15, -0.1) is 0 Å². The van der Waals surface area contributed by atoms with Crippen LogP contribution in [0.4, 0.5) is 0 Å². The second-order valence-corrected chi connectivity index (χ2v) is 5.01. The number of rotatable bonds is 4. The van der Waals surface area contributed by atoms with Crippen molar-refractivity contribution in [2.24, 2.45) is 5.73 Å². The highest BCUT2D eigenvalue weighted by atomic mass is 16.5. The Hall–Kier alpha value is -1.06. The lowest BCUT2D eigenvalue weighted by molar-refractivity contribution is 0.131. The van der Waals surface area contributed by atoms with E-state index in [-0.39, 0.29) is 18.2 Å². The van der Waals surface area contributed by atoms with Crippen LogP contribution in [-0.4, -0.2) is 23.4 Å². The maximum absolute atomic E-state index is 8.85. The molecule has 3 nitrogen and oxygen atoms in total. The SMILES string of the molecule is CC(C)(C)Oc1ccc(C[C@H](N)CO)cc1. The molecule has 0 saturated carbocycles. The standard InChI is InChI=1S/C13H21NO2/c1-13(2,3)16-12-6-4-10(5-7-12)8-11(14)9-15/h4-7,11,15H,8-9,14H2,1-3H3/t11-/m0/s1. The molecular weight excluding hydrogens is 202 g/mol. The van der Waals surface area contributed by atoms with Crippen molar-refractivity contribution in [3.63, 3.8) is 0 Å². The Kier molecular flexibility index (Phi) is 4.33. The number of aliphatic hydroxyl groups is 1. The van der Waals surface area contributed by atoms with Crippen molar-refractivity contribution < 1.29 is 9.84 Å². The molecule has 0 amide bonds. The van der Waals surface area contributed by atoms with Crippen LogP contribution in [0.1, 0.15) is 26.3 Å². The van der Waals surface area contributed by atoms with Gasteiger partial charge in [0.1, 0.15) is 11.4 Å². The van der Waals surface area contributed by atoms with Crippen LogP contribution in [0, 0.1) is 0 Å². The van der Waals surface area contributed by atoms with Crippen molar-refractivity contribution in [2.45, 2.75) is 38.8 Å². The minimum atomic E-state index is -0.186. The molecule has 1 aromatic carbocycles. The van der Waals surface area contributed by atoms with Gasteiger partial charge in [-0.05, 0) is 44.9 Å². The average molecular weight is 223 g/mol. The number of nitrogens with two attached hydrogens (primary N) is 1. The van der Waals surface area contributed by atoms with Gasteiger partial charge in [0, 0.05) is 6.04 Å². The lowest BCUT2D eigenvalue weighted by Gasteiger charge is -2.21. The number of ether oxygens (including phenoxy) is 1. The van der Waals surface area contributed by atoms with Crippen molar-refractivity contribution >= 4 is 0 Å². The van der Waals surface area contributed by atoms with Crippen LogP contribution < -0.4 is 10.5 Å². The molecule has 0 aromatic heterocycles. The third-order valence-electron chi connectivity index (χ3n) is 2.08. The minimum absolute atomic E-state index is 0.0141. The molecule has 1 rings (SSSR count). The zero-order chi connectivity index (χ0) is 12.2. The summed E-state index contributed by atoms with van der Waals surface area (Å²) in [6, 6.07) is 7.65. The third kappa shape index (κ3) is 4.64. The fourth-order valence-corrected chi connectivity index (χ4v) is 1.41. The van der Waals surface area contributed by atoms with E-state index in [1.165, 1.54) is 0 Å². The van der Waals surface area contributed by atoms with E-state index in [1.54, 1.807) is 0 Å². The first kappa shape index (κ1) is 13.0. The summed E-state index contributed by atoms with van der Waals surface area (Å²) in [5, 5.41) is 8.85. The molecule has 0 radical (unpaired) electrons. The molecular formula is C13H21NO2. The molecule has 0 saturated heterocycles. The van der Waals surface area contributed by atoms with Gasteiger partial charge in [0.2, 0.25) is 0 Å². The highest BCUT2D eigenvalue weighted by Gasteiger charge is 2.11. The summed E-state index contributed by atoms with van der Waals surface area (Å²) in [4.78, 5) is 0. The first-order chi connectivity index (χ1) is 7.40. The summed E-state index contributed by atoms with van der Waals surface area (Å²) in [5.41, 5.74) is 6.60. The number of aliphatic hydroxyl groups excluding tert-OH is 1. The third-order valence-corrected chi connectivity index (χ3v) is 2.08. The highest BCUT2D eigenvalue weighted by Crippen LogP contribution is 2.18. The maximum atomic E-state index is 8.85. The van der Waals surface area contributed by atoms with Crippen molar-refractivity contribution in [3.8, 4) is 5.75 Å². The van der Waals surface area contributed by atoms with E-state index < -0.39 is 0 Å². The van der Waals surface area contributed by atoms with Gasteiger partial charge in [-0.25, -0.2) is 0 Å². The average Bonchev–Trinajstić information content (AvgIpc) is 2.18. The van der Waals surface area contributed by atoms with E-state index in [9.17, 15) is 0 Å². The Bertz CT molecular complexity index is 314. The van der Waals surface area contributed by atoms with Crippen LogP contribution in [0.25, 0.3) is 0 Å². The summed E-state index contributed by atoms with van der Waals surface area (Å²) in [6.45, 7) is 6.06. The fraction of sp³-hybridized carbons (Fsp3) is 0.538. The number of benzene rings is 1. The Morgan fingerprint density at radius 1 is 1.25 bits per heavy atom. The van der Waals surface area contributed by atoms with Crippen molar-refractivity contribution in [2.75, 3.05) is 6.61 Å². The van der Waals surface area contributed by atoms with E-state index in [0.29, 0.717) is 6.42 Å². The van der Waals surface area contributed by atoms with E-state index >= 15 is 0 Å². The molecule has 0 aliphatic heterocycles. The molecule has 0 aliphatic rings. The fourth-order valence-electron chi connectivity index (χ4n) is 1.41. The van der Waals surface area contributed by atoms with Crippen molar-refractivity contribution in [1.82, 2.24) is 0 Å². The van der Waals surface area contributed by atoms with Crippen LogP contribution in [0.15, 0.2) is 24.3 Å². The van der Waals surface area contributed by atoms with Gasteiger partial charge in [-0.1, -0.05) is 12.1 Å². The predicted molar refractivity (Wildman–Crippen MR) is 65.6 cm³/mol. The topological polar surface area (TPSA) is 55.5 Å². The summed E-state index contributed by atoms with van der Waals surface area (Å²) in [7, 11) is 0. The first-order valence-electron chi connectivity index (χ1n) is 5.55. The maximum Gasteiger partial charge on any atom is 0.120 e. The van der Waals surface area contributed by atoms with Crippen molar-refractivity contribution in [1.29, 1.82) is 0 Å². The van der Waals surface area contributed by atoms with Crippen LogP contribution in [0.3, 0.4) is 0 Å². The zero-order valence-corrected chi connectivity index (χ0v) is 10.2. The van der Waals surface area contributed by atoms with Gasteiger partial charge >= 0.3 is 0 Å². The van der Waals surface area contributed by atoms with Crippen LogP contribution in [0.5, 0.6) is 5.75 Å². The van der Waals surface area contributed by atoms with Gasteiger partial charge in [0.25, 0.3) is 0 Å². The molecule has 0 aliphatic carbocycles. The van der Waals surface area contributed by atoms with Crippen LogP contribution in [-0.2, 0) is 6.42 Å². The molecule has 1 atom stereocenters. The highest BCUT2D eigenvalue weighted by molar-refractivity contribution is 5.28. The first-order valence-corrected chi connectivity index (χ1v) is 5.55. The smallest absolute Gasteiger partial charge is 0.120 e. The van der Waals surface area contributed by atoms with Gasteiger partial charge in [-0.3, -0.25) is 0 Å². The monoisotopic (exact) mass is 223 g/mol. The molecule has 0 spiro atoms. The van der Waals surface area contributed by atoms with E-state index in [4.69, 9.17) is 15.6 Å². The summed E-state index contributed by atoms with van der Waals surface area (Å²) in [5.74, 6) is 0.855. The number of hydrogen-bond acceptors (Lipinski definition) is 3. The lowest BCUT2D eigenvalue weighted by Crippen LogP contribution is -2.26. The molecule has 0 unspecified atom stereocenters. The van der Waals surface area contributed by atoms with E-state index in [2.05, 4.69) is 0 Å². The second-order valence-electron chi connectivity index (χ2n) is 5.01. The quantitative estimate of drug-likeness (QED) is 0.817. The van der Waals surface area contributed by atoms with Gasteiger partial charge in [-0.2, -0.15) is 0 Å². The molecule has 0 heterocycles. The minimum Gasteiger partial charge on any atom is -0.488 e. The summed E-state index contributed by atoms with van der Waals surface area (Å²) < 4.78 is 5.71. The molecule has 16 heavy (non-hydrogen) atoms. The number of hydrogen-bond donors (Lipinski definition) is 2. The van der Waals surface area contributed by atoms with E-state index in [0.717, 1.165) is 11.3 Å². The summed E-state index contributed by atoms with van der Waals surface area (Å²) in [6.07, 6.45) is 0.687. The Labute approximate surface area is 97.2 Å². The van der Waals surface area contributed by atoms with Gasteiger partial charge < -0.3 is 15.6 Å². The molecule has 90 valence electrons. The Morgan fingerprint density at radius 2 is 1.81 bits per heavy atom. The Morgan fingerprint density at radius 3 is 2.25 bits per heavy atom. The Balaban J connectivity index is 2.61. The van der Waals surface area contributed by atoms with Gasteiger partial charge in [0.05, 0.1) is 6.61 Å². The molecule has 3 heteroatoms. The van der Waals surface area contributed by atoms with E-state index in [1.807, 2.05) is 45.0 Å². The van der Waals surface area contributed by atoms with Crippen LogP contribution in [0.2, 0.25) is 0 Å². The molecule has 0 bridgehead atoms. The molecule has 1 aromatic rings.